The first-order valence-electron chi connectivity index (χ1n) is 12.0. The normalized spacial score (nSPS) is 10.3. The number of hydrogen-bond donors (Lipinski definition) is 4. The first-order chi connectivity index (χ1) is 19.2. The van der Waals surface area contributed by atoms with Crippen molar-refractivity contribution < 1.29 is 23.9 Å². The minimum absolute atomic E-state index is 0.101. The van der Waals surface area contributed by atoms with E-state index >= 15 is 0 Å². The van der Waals surface area contributed by atoms with Crippen molar-refractivity contribution in [2.75, 3.05) is 23.1 Å². The number of nitrogens with zero attached hydrogens (tertiary/aromatic N) is 1. The maximum atomic E-state index is 13.2. The molecule has 0 spiro atoms. The highest BCUT2D eigenvalue weighted by Gasteiger charge is 2.17. The molecule has 1 aromatic heterocycles. The zero-order valence-corrected chi connectivity index (χ0v) is 21.6. The van der Waals surface area contributed by atoms with Gasteiger partial charge in [-0.05, 0) is 54.6 Å². The lowest BCUT2D eigenvalue weighted by atomic mass is 10.1. The van der Waals surface area contributed by atoms with Gasteiger partial charge < -0.3 is 26.4 Å². The number of pyridine rings is 1. The van der Waals surface area contributed by atoms with E-state index in [1.165, 1.54) is 73.3 Å². The quantitative estimate of drug-likeness (QED) is 0.268. The number of methoxy groups -OCH3 is 1. The molecule has 0 aliphatic carbocycles. The molecule has 202 valence electrons. The van der Waals surface area contributed by atoms with Gasteiger partial charge in [-0.3, -0.25) is 28.5 Å². The van der Waals surface area contributed by atoms with E-state index in [9.17, 15) is 24.0 Å². The zero-order chi connectivity index (χ0) is 28.8. The van der Waals surface area contributed by atoms with E-state index in [4.69, 9.17) is 10.5 Å². The Morgan fingerprint density at radius 2 is 1.35 bits per heavy atom. The van der Waals surface area contributed by atoms with Gasteiger partial charge in [-0.1, -0.05) is 18.2 Å². The van der Waals surface area contributed by atoms with Crippen molar-refractivity contribution in [3.63, 3.8) is 0 Å². The second kappa shape index (κ2) is 11.8. The minimum Gasteiger partial charge on any atom is -0.495 e. The fourth-order valence-electron chi connectivity index (χ4n) is 3.84. The summed E-state index contributed by atoms with van der Waals surface area (Å²) >= 11 is 0. The highest BCUT2D eigenvalue weighted by atomic mass is 16.5. The Labute approximate surface area is 228 Å². The predicted octanol–water partition coefficient (Wildman–Crippen LogP) is 3.41. The number of para-hydroxylation sites is 1. The summed E-state index contributed by atoms with van der Waals surface area (Å²) in [6.07, 6.45) is 1.41. The first-order valence-corrected chi connectivity index (χ1v) is 12.0. The van der Waals surface area contributed by atoms with Crippen LogP contribution in [0.25, 0.3) is 5.69 Å². The summed E-state index contributed by atoms with van der Waals surface area (Å²) in [6.45, 7) is 1.35. The molecule has 11 nitrogen and oxygen atoms in total. The third-order valence-corrected chi connectivity index (χ3v) is 5.78. The number of ether oxygens (including phenoxy) is 1. The maximum Gasteiger partial charge on any atom is 0.257 e. The van der Waals surface area contributed by atoms with Gasteiger partial charge in [-0.2, -0.15) is 0 Å². The number of carbonyl (C=O) groups excluding carboxylic acids is 4. The molecule has 40 heavy (non-hydrogen) atoms. The van der Waals surface area contributed by atoms with Crippen LogP contribution in [0.2, 0.25) is 0 Å². The fraction of sp³-hybridized carbons (Fsp3) is 0.0690. The smallest absolute Gasteiger partial charge is 0.257 e. The van der Waals surface area contributed by atoms with Gasteiger partial charge >= 0.3 is 0 Å². The van der Waals surface area contributed by atoms with Gasteiger partial charge in [-0.25, -0.2) is 0 Å². The van der Waals surface area contributed by atoms with Crippen LogP contribution < -0.4 is 32.0 Å². The number of rotatable bonds is 8. The fourth-order valence-corrected chi connectivity index (χ4v) is 3.84. The lowest BCUT2D eigenvalue weighted by molar-refractivity contribution is -0.114. The molecule has 1 heterocycles. The van der Waals surface area contributed by atoms with Crippen LogP contribution in [0.1, 0.15) is 38.0 Å². The lowest BCUT2D eigenvalue weighted by Gasteiger charge is -2.15. The molecule has 5 N–H and O–H groups in total. The average Bonchev–Trinajstić information content (AvgIpc) is 2.94. The van der Waals surface area contributed by atoms with Gasteiger partial charge in [0.25, 0.3) is 17.4 Å². The molecule has 0 aliphatic heterocycles. The summed E-state index contributed by atoms with van der Waals surface area (Å²) in [5.41, 5.74) is 6.83. The zero-order valence-electron chi connectivity index (χ0n) is 21.6. The molecule has 4 rings (SSSR count). The van der Waals surface area contributed by atoms with Gasteiger partial charge in [0, 0.05) is 36.0 Å². The van der Waals surface area contributed by atoms with Crippen molar-refractivity contribution >= 4 is 40.7 Å². The van der Waals surface area contributed by atoms with Crippen LogP contribution in [0.15, 0.2) is 89.9 Å². The molecule has 0 atom stereocenters. The number of anilines is 3. The molecule has 0 bridgehead atoms. The molecule has 0 saturated carbocycles. The van der Waals surface area contributed by atoms with E-state index in [0.717, 1.165) is 0 Å². The number of nitrogens with one attached hydrogen (secondary N) is 3. The van der Waals surface area contributed by atoms with E-state index in [0.29, 0.717) is 11.4 Å². The maximum absolute atomic E-state index is 13.2. The molecular formula is C29H25N5O6. The van der Waals surface area contributed by atoms with Gasteiger partial charge in [0.2, 0.25) is 11.8 Å². The Balaban J connectivity index is 1.63. The van der Waals surface area contributed by atoms with E-state index in [2.05, 4.69) is 16.0 Å². The van der Waals surface area contributed by atoms with Crippen LogP contribution in [0, 0.1) is 0 Å². The molecule has 0 radical (unpaired) electrons. The van der Waals surface area contributed by atoms with Crippen LogP contribution in [0.4, 0.5) is 17.1 Å². The minimum atomic E-state index is -0.732. The van der Waals surface area contributed by atoms with Crippen molar-refractivity contribution in [3.8, 4) is 11.4 Å². The third kappa shape index (κ3) is 6.22. The molecule has 3 aromatic carbocycles. The molecule has 4 aromatic rings. The van der Waals surface area contributed by atoms with Gasteiger partial charge in [-0.15, -0.1) is 0 Å². The third-order valence-electron chi connectivity index (χ3n) is 5.78. The second-order valence-corrected chi connectivity index (χ2v) is 8.59. The van der Waals surface area contributed by atoms with E-state index in [1.807, 2.05) is 6.07 Å². The van der Waals surface area contributed by atoms with Crippen molar-refractivity contribution in [3.05, 3.63) is 112 Å². The number of carbonyl (C=O) groups is 4. The number of nitrogens with two attached hydrogens (primary N) is 1. The Morgan fingerprint density at radius 1 is 0.725 bits per heavy atom. The highest BCUT2D eigenvalue weighted by Crippen LogP contribution is 2.28. The van der Waals surface area contributed by atoms with Crippen LogP contribution in [0.5, 0.6) is 5.75 Å². The lowest BCUT2D eigenvalue weighted by Crippen LogP contribution is -2.22. The monoisotopic (exact) mass is 539 g/mol. The summed E-state index contributed by atoms with van der Waals surface area (Å²) < 4.78 is 6.62. The Morgan fingerprint density at radius 3 is 2.02 bits per heavy atom. The summed E-state index contributed by atoms with van der Waals surface area (Å²) in [7, 11) is 1.40. The average molecular weight is 540 g/mol. The number of amides is 4. The SMILES string of the molecule is COc1cc(C(=O)Nc2cc(C(N)=O)ccc2NC(=O)c2ccc(=O)n(-c3ccccc3)c2)ccc1NC(C)=O. The van der Waals surface area contributed by atoms with Gasteiger partial charge in [0.15, 0.2) is 0 Å². The van der Waals surface area contributed by atoms with Crippen LogP contribution >= 0.6 is 0 Å². The summed E-state index contributed by atoms with van der Waals surface area (Å²) in [5.74, 6) is -1.92. The summed E-state index contributed by atoms with van der Waals surface area (Å²) in [6, 6.07) is 20.1. The molecule has 0 unspecified atom stereocenters. The first kappa shape index (κ1) is 27.3. The van der Waals surface area contributed by atoms with E-state index < -0.39 is 17.7 Å². The van der Waals surface area contributed by atoms with Crippen molar-refractivity contribution in [1.82, 2.24) is 4.57 Å². The summed E-state index contributed by atoms with van der Waals surface area (Å²) in [4.78, 5) is 61.9. The van der Waals surface area contributed by atoms with Gasteiger partial charge in [0.05, 0.1) is 29.7 Å². The Bertz CT molecular complexity index is 1680. The Hall–Kier alpha value is -5.71. The van der Waals surface area contributed by atoms with E-state index in [1.54, 1.807) is 24.3 Å². The number of hydrogen-bond acceptors (Lipinski definition) is 6. The van der Waals surface area contributed by atoms with E-state index in [-0.39, 0.29) is 45.3 Å². The van der Waals surface area contributed by atoms with Crippen LogP contribution in [-0.4, -0.2) is 35.3 Å². The van der Waals surface area contributed by atoms with Crippen LogP contribution in [0.3, 0.4) is 0 Å². The topological polar surface area (TPSA) is 162 Å². The van der Waals surface area contributed by atoms with Crippen molar-refractivity contribution in [2.45, 2.75) is 6.92 Å². The number of benzene rings is 3. The Kier molecular flexibility index (Phi) is 8.05. The standard InChI is InChI=1S/C29H25N5O6/c1-17(35)31-23-12-9-19(15-25(23)40-2)28(38)33-24-14-18(27(30)37)8-11-22(24)32-29(39)20-10-13-26(36)34(16-20)21-6-4-3-5-7-21/h3-16H,1-2H3,(H2,30,37)(H,31,35)(H,32,39)(H,33,38). The predicted molar refractivity (Wildman–Crippen MR) is 150 cm³/mol. The second-order valence-electron chi connectivity index (χ2n) is 8.59. The largest absolute Gasteiger partial charge is 0.495 e. The molecule has 0 aliphatic rings. The van der Waals surface area contributed by atoms with Crippen molar-refractivity contribution in [1.29, 1.82) is 0 Å². The molecule has 0 saturated heterocycles. The molecular weight excluding hydrogens is 514 g/mol. The number of aromatic nitrogens is 1. The number of primary amides is 1. The van der Waals surface area contributed by atoms with Crippen LogP contribution in [-0.2, 0) is 4.79 Å². The summed E-state index contributed by atoms with van der Waals surface area (Å²) in [5, 5.41) is 7.99. The molecule has 0 fully saturated rings. The molecule has 11 heteroatoms. The van der Waals surface area contributed by atoms with Crippen molar-refractivity contribution in [2.24, 2.45) is 5.73 Å². The van der Waals surface area contributed by atoms with Gasteiger partial charge in [0.1, 0.15) is 5.75 Å². The highest BCUT2D eigenvalue weighted by molar-refractivity contribution is 6.11. The molecule has 4 amide bonds.